The largest absolute Gasteiger partial charge is 0.477 e. The smallest absolute Gasteiger partial charge is 0.354 e. The van der Waals surface area contributed by atoms with E-state index in [1.54, 1.807) is 0 Å². The number of nitrogens with one attached hydrogen (secondary N) is 1. The maximum atomic E-state index is 10.6. The molecule has 0 aromatic carbocycles. The Bertz CT molecular complexity index is 453. The van der Waals surface area contributed by atoms with E-state index in [9.17, 15) is 4.79 Å². The van der Waals surface area contributed by atoms with E-state index < -0.39 is 5.97 Å². The summed E-state index contributed by atoms with van der Waals surface area (Å²) in [5.74, 6) is 4.09. The highest BCUT2D eigenvalue weighted by Gasteiger charge is 2.08. The molecule has 0 saturated carbocycles. The third-order valence-electron chi connectivity index (χ3n) is 1.48. The maximum Gasteiger partial charge on any atom is 0.354 e. The summed E-state index contributed by atoms with van der Waals surface area (Å²) in [5.41, 5.74) is -0.197. The van der Waals surface area contributed by atoms with E-state index in [1.807, 2.05) is 0 Å². The third kappa shape index (κ3) is 3.73. The fraction of sp³-hybridized carbons (Fsp3) is 0.222. The third-order valence-corrected chi connectivity index (χ3v) is 1.65. The van der Waals surface area contributed by atoms with Gasteiger partial charge in [0, 0.05) is 6.07 Å². The lowest BCUT2D eigenvalue weighted by Gasteiger charge is -2.02. The van der Waals surface area contributed by atoms with Gasteiger partial charge < -0.3 is 15.5 Å². The van der Waals surface area contributed by atoms with Crippen LogP contribution in [0, 0.1) is 11.8 Å². The Hall–Kier alpha value is -1.84. The summed E-state index contributed by atoms with van der Waals surface area (Å²) in [7, 11) is 0. The number of hydrogen-bond acceptors (Lipinski definition) is 5. The molecule has 6 nitrogen and oxygen atoms in total. The molecule has 0 fully saturated rings. The van der Waals surface area contributed by atoms with Gasteiger partial charge in [-0.3, -0.25) is 0 Å². The van der Waals surface area contributed by atoms with E-state index in [1.165, 1.54) is 6.07 Å². The molecule has 0 saturated heterocycles. The maximum absolute atomic E-state index is 10.6. The van der Waals surface area contributed by atoms with E-state index in [-0.39, 0.29) is 29.9 Å². The number of aromatic nitrogens is 2. The number of aliphatic hydroxyl groups is 1. The summed E-state index contributed by atoms with van der Waals surface area (Å²) >= 11 is 5.53. The number of hydrogen-bond donors (Lipinski definition) is 3. The number of anilines is 1. The van der Waals surface area contributed by atoms with Gasteiger partial charge >= 0.3 is 5.97 Å². The van der Waals surface area contributed by atoms with Crippen molar-refractivity contribution in [2.45, 2.75) is 0 Å². The summed E-state index contributed by atoms with van der Waals surface area (Å²) in [6, 6.07) is 1.24. The quantitative estimate of drug-likeness (QED) is 0.518. The second-order valence-corrected chi connectivity index (χ2v) is 2.92. The molecule has 0 aliphatic carbocycles. The van der Waals surface area contributed by atoms with Crippen LogP contribution in [0.1, 0.15) is 10.5 Å². The average molecular weight is 242 g/mol. The monoisotopic (exact) mass is 241 g/mol. The molecular weight excluding hydrogens is 234 g/mol. The van der Waals surface area contributed by atoms with Crippen molar-refractivity contribution in [2.24, 2.45) is 0 Å². The number of carboxylic acid groups (broad SMARTS) is 1. The molecule has 0 aliphatic rings. The predicted molar refractivity (Wildman–Crippen MR) is 57.4 cm³/mol. The summed E-state index contributed by atoms with van der Waals surface area (Å²) in [5, 5.41) is 19.7. The highest BCUT2D eigenvalue weighted by Crippen LogP contribution is 2.09. The number of aliphatic hydroxyl groups excluding tert-OH is 1. The molecule has 1 heterocycles. The number of rotatable bonds is 3. The molecule has 84 valence electrons. The Morgan fingerprint density at radius 2 is 2.25 bits per heavy atom. The van der Waals surface area contributed by atoms with E-state index >= 15 is 0 Å². The highest BCUT2D eigenvalue weighted by molar-refractivity contribution is 6.28. The number of halogens is 1. The van der Waals surface area contributed by atoms with Crippen molar-refractivity contribution < 1.29 is 15.0 Å². The van der Waals surface area contributed by atoms with Gasteiger partial charge in [0.1, 0.15) is 12.4 Å². The van der Waals surface area contributed by atoms with Gasteiger partial charge in [0.2, 0.25) is 5.28 Å². The lowest BCUT2D eigenvalue weighted by molar-refractivity contribution is 0.0690. The molecule has 0 bridgehead atoms. The second-order valence-electron chi connectivity index (χ2n) is 2.58. The van der Waals surface area contributed by atoms with Crippen molar-refractivity contribution in [3.8, 4) is 11.8 Å². The van der Waals surface area contributed by atoms with Crippen molar-refractivity contribution in [1.29, 1.82) is 0 Å². The second kappa shape index (κ2) is 5.90. The molecule has 0 amide bonds. The van der Waals surface area contributed by atoms with Crippen molar-refractivity contribution in [3.05, 3.63) is 17.0 Å². The Balaban J connectivity index is 2.76. The standard InChI is InChI=1S/C9H8ClN3O3/c10-9-12-6(8(15)16)5-7(13-9)11-3-1-2-4-14/h5,14H,3-4H2,(H,15,16)(H,11,12,13). The molecule has 0 spiro atoms. The SMILES string of the molecule is O=C(O)c1cc(NCC#CCO)nc(Cl)n1. The normalized spacial score (nSPS) is 9.12. The summed E-state index contributed by atoms with van der Waals surface area (Å²) in [6.45, 7) is -0.000449. The zero-order valence-corrected chi connectivity index (χ0v) is 8.82. The first-order valence-electron chi connectivity index (χ1n) is 4.22. The summed E-state index contributed by atoms with van der Waals surface area (Å²) in [6.07, 6.45) is 0. The highest BCUT2D eigenvalue weighted by atomic mass is 35.5. The van der Waals surface area contributed by atoms with E-state index in [0.717, 1.165) is 0 Å². The molecule has 0 unspecified atom stereocenters. The van der Waals surface area contributed by atoms with Gasteiger partial charge in [-0.15, -0.1) is 0 Å². The van der Waals surface area contributed by atoms with Gasteiger partial charge in [0.05, 0.1) is 6.54 Å². The van der Waals surface area contributed by atoms with Crippen LogP contribution in [-0.4, -0.2) is 39.3 Å². The van der Waals surface area contributed by atoms with Crippen LogP contribution in [0.15, 0.2) is 6.07 Å². The zero-order chi connectivity index (χ0) is 12.0. The van der Waals surface area contributed by atoms with Gasteiger partial charge in [0.25, 0.3) is 0 Å². The lowest BCUT2D eigenvalue weighted by atomic mass is 10.4. The molecule has 1 aromatic heterocycles. The van der Waals surface area contributed by atoms with Crippen LogP contribution in [0.25, 0.3) is 0 Å². The fourth-order valence-corrected chi connectivity index (χ4v) is 1.05. The van der Waals surface area contributed by atoms with E-state index in [4.69, 9.17) is 21.8 Å². The van der Waals surface area contributed by atoms with Crippen LogP contribution in [-0.2, 0) is 0 Å². The molecule has 3 N–H and O–H groups in total. The number of carbonyl (C=O) groups is 1. The number of aromatic carboxylic acids is 1. The van der Waals surface area contributed by atoms with Gasteiger partial charge in [-0.1, -0.05) is 11.8 Å². The minimum atomic E-state index is -1.19. The average Bonchev–Trinajstić information content (AvgIpc) is 2.23. The first kappa shape index (κ1) is 12.2. The van der Waals surface area contributed by atoms with E-state index in [2.05, 4.69) is 27.1 Å². The number of carboxylic acids is 1. The van der Waals surface area contributed by atoms with Crippen molar-refractivity contribution >= 4 is 23.4 Å². The van der Waals surface area contributed by atoms with Crippen molar-refractivity contribution in [3.63, 3.8) is 0 Å². The van der Waals surface area contributed by atoms with Crippen molar-refractivity contribution in [2.75, 3.05) is 18.5 Å². The molecule has 7 heteroatoms. The first-order valence-corrected chi connectivity index (χ1v) is 4.59. The Morgan fingerprint density at radius 3 is 2.88 bits per heavy atom. The van der Waals surface area contributed by atoms with Gasteiger partial charge in [-0.25, -0.2) is 14.8 Å². The molecule has 16 heavy (non-hydrogen) atoms. The Kier molecular flexibility index (Phi) is 4.51. The van der Waals surface area contributed by atoms with Crippen LogP contribution in [0.5, 0.6) is 0 Å². The van der Waals surface area contributed by atoms with Crippen molar-refractivity contribution in [1.82, 2.24) is 9.97 Å². The van der Waals surface area contributed by atoms with Crippen LogP contribution in [0.2, 0.25) is 5.28 Å². The van der Waals surface area contributed by atoms with Crippen LogP contribution in [0.4, 0.5) is 5.82 Å². The summed E-state index contributed by atoms with van der Waals surface area (Å²) in [4.78, 5) is 17.9. The fourth-order valence-electron chi connectivity index (χ4n) is 0.871. The van der Waals surface area contributed by atoms with Crippen LogP contribution >= 0.6 is 11.6 Å². The molecular formula is C9H8ClN3O3. The molecule has 1 aromatic rings. The van der Waals surface area contributed by atoms with Crippen LogP contribution in [0.3, 0.4) is 0 Å². The van der Waals surface area contributed by atoms with Gasteiger partial charge in [0.15, 0.2) is 5.69 Å². The van der Waals surface area contributed by atoms with Gasteiger partial charge in [-0.05, 0) is 11.6 Å². The summed E-state index contributed by atoms with van der Waals surface area (Å²) < 4.78 is 0. The minimum Gasteiger partial charge on any atom is -0.477 e. The van der Waals surface area contributed by atoms with E-state index in [0.29, 0.717) is 0 Å². The Labute approximate surface area is 96.3 Å². The minimum absolute atomic E-state index is 0.155. The topological polar surface area (TPSA) is 95.3 Å². The zero-order valence-electron chi connectivity index (χ0n) is 8.07. The predicted octanol–water partition coefficient (Wildman–Crippen LogP) is 0.236. The Morgan fingerprint density at radius 1 is 1.50 bits per heavy atom. The first-order chi connectivity index (χ1) is 7.63. The molecule has 0 aliphatic heterocycles. The molecule has 0 radical (unpaired) electrons. The molecule has 1 rings (SSSR count). The van der Waals surface area contributed by atoms with Gasteiger partial charge in [-0.2, -0.15) is 0 Å². The van der Waals surface area contributed by atoms with Crippen LogP contribution < -0.4 is 5.32 Å². The number of nitrogens with zero attached hydrogens (tertiary/aromatic N) is 2. The lowest BCUT2D eigenvalue weighted by Crippen LogP contribution is -2.07. The molecule has 0 atom stereocenters.